The lowest BCUT2D eigenvalue weighted by Gasteiger charge is -2.15. The summed E-state index contributed by atoms with van der Waals surface area (Å²) in [4.78, 5) is 10.6. The number of aromatic nitrogens is 2. The first kappa shape index (κ1) is 34.4. The van der Waals surface area contributed by atoms with Crippen LogP contribution in [0.3, 0.4) is 0 Å². The largest absolute Gasteiger partial charge is 0.456 e. The minimum Gasteiger partial charge on any atom is -0.456 e. The van der Waals surface area contributed by atoms with Crippen LogP contribution in [0, 0.1) is 0 Å². The number of hydrogen-bond acceptors (Lipinski definition) is 3. The van der Waals surface area contributed by atoms with Crippen molar-refractivity contribution in [3.05, 3.63) is 218 Å². The van der Waals surface area contributed by atoms with Gasteiger partial charge in [0, 0.05) is 27.5 Å². The molecule has 0 saturated carbocycles. The molecule has 3 nitrogen and oxygen atoms in total. The highest BCUT2D eigenvalue weighted by molar-refractivity contribution is 6.06. The van der Waals surface area contributed by atoms with Gasteiger partial charge < -0.3 is 4.42 Å². The predicted molar refractivity (Wildman–Crippen MR) is 245 cm³/mol. The molecule has 276 valence electrons. The maximum Gasteiger partial charge on any atom is 0.160 e. The lowest BCUT2D eigenvalue weighted by Crippen LogP contribution is -1.97. The molecule has 9 aromatic carbocycles. The fraction of sp³-hybridized carbons (Fsp3) is 0. The number of benzene rings is 9. The van der Waals surface area contributed by atoms with Crippen molar-refractivity contribution in [2.45, 2.75) is 0 Å². The van der Waals surface area contributed by atoms with E-state index in [4.69, 9.17) is 14.4 Å². The van der Waals surface area contributed by atoms with E-state index in [-0.39, 0.29) is 0 Å². The molecule has 0 radical (unpaired) electrons. The lowest BCUT2D eigenvalue weighted by molar-refractivity contribution is 0.669. The molecule has 0 spiro atoms. The summed E-state index contributed by atoms with van der Waals surface area (Å²) < 4.78 is 6.24. The van der Waals surface area contributed by atoms with Gasteiger partial charge in [-0.05, 0) is 122 Å². The number of para-hydroxylation sites is 1. The summed E-state index contributed by atoms with van der Waals surface area (Å²) in [5, 5.41) is 4.62. The molecule has 0 aliphatic heterocycles. The zero-order chi connectivity index (χ0) is 39.1. The molecule has 59 heavy (non-hydrogen) atoms. The van der Waals surface area contributed by atoms with Crippen molar-refractivity contribution in [2.75, 3.05) is 0 Å². The van der Waals surface area contributed by atoms with E-state index in [2.05, 4.69) is 188 Å². The van der Waals surface area contributed by atoms with Crippen LogP contribution in [0.4, 0.5) is 0 Å². The molecule has 0 amide bonds. The molecular formula is C56H36N2O. The second-order valence-corrected chi connectivity index (χ2v) is 15.0. The Bertz CT molecular complexity index is 3260. The van der Waals surface area contributed by atoms with E-state index < -0.39 is 0 Å². The van der Waals surface area contributed by atoms with Gasteiger partial charge in [-0.2, -0.15) is 0 Å². The van der Waals surface area contributed by atoms with Crippen molar-refractivity contribution in [3.8, 4) is 78.4 Å². The first-order chi connectivity index (χ1) is 29.2. The lowest BCUT2D eigenvalue weighted by atomic mass is 9.92. The van der Waals surface area contributed by atoms with Gasteiger partial charge in [0.15, 0.2) is 5.82 Å². The van der Waals surface area contributed by atoms with E-state index >= 15 is 0 Å². The zero-order valence-electron chi connectivity index (χ0n) is 32.1. The van der Waals surface area contributed by atoms with Crippen molar-refractivity contribution in [3.63, 3.8) is 0 Å². The van der Waals surface area contributed by atoms with Crippen molar-refractivity contribution in [2.24, 2.45) is 0 Å². The van der Waals surface area contributed by atoms with Crippen LogP contribution >= 0.6 is 0 Å². The summed E-state index contributed by atoms with van der Waals surface area (Å²) in [7, 11) is 0. The second-order valence-electron chi connectivity index (χ2n) is 15.0. The van der Waals surface area contributed by atoms with Crippen LogP contribution in [0.15, 0.2) is 223 Å². The molecule has 0 saturated heterocycles. The summed E-state index contributed by atoms with van der Waals surface area (Å²) >= 11 is 0. The maximum atomic E-state index is 6.24. The molecule has 0 aliphatic carbocycles. The van der Waals surface area contributed by atoms with Gasteiger partial charge in [-0.15, -0.1) is 0 Å². The van der Waals surface area contributed by atoms with Crippen LogP contribution in [-0.2, 0) is 0 Å². The monoisotopic (exact) mass is 752 g/mol. The van der Waals surface area contributed by atoms with Crippen molar-refractivity contribution < 1.29 is 4.42 Å². The third-order valence-corrected chi connectivity index (χ3v) is 11.2. The molecule has 2 aromatic heterocycles. The molecular weight excluding hydrogens is 717 g/mol. The Kier molecular flexibility index (Phi) is 8.49. The summed E-state index contributed by atoms with van der Waals surface area (Å²) in [5.74, 6) is 0.674. The van der Waals surface area contributed by atoms with Crippen LogP contribution in [0.5, 0.6) is 0 Å². The van der Waals surface area contributed by atoms with Gasteiger partial charge in [-0.25, -0.2) is 9.97 Å². The average molecular weight is 753 g/mol. The smallest absolute Gasteiger partial charge is 0.160 e. The van der Waals surface area contributed by atoms with Crippen molar-refractivity contribution in [1.82, 2.24) is 9.97 Å². The van der Waals surface area contributed by atoms with Crippen LogP contribution < -0.4 is 0 Å². The minimum atomic E-state index is 0.674. The maximum absolute atomic E-state index is 6.24. The zero-order valence-corrected chi connectivity index (χ0v) is 32.1. The summed E-state index contributed by atoms with van der Waals surface area (Å²) in [6.45, 7) is 0. The third-order valence-electron chi connectivity index (χ3n) is 11.2. The van der Waals surface area contributed by atoms with Crippen LogP contribution in [0.2, 0.25) is 0 Å². The number of nitrogens with zero attached hydrogens (tertiary/aromatic N) is 2. The van der Waals surface area contributed by atoms with Crippen molar-refractivity contribution in [1.29, 1.82) is 0 Å². The quantitative estimate of drug-likeness (QED) is 0.163. The van der Waals surface area contributed by atoms with E-state index in [1.54, 1.807) is 0 Å². The topological polar surface area (TPSA) is 38.9 Å². The fourth-order valence-corrected chi connectivity index (χ4v) is 8.21. The molecule has 0 N–H and O–H groups in total. The van der Waals surface area contributed by atoms with Gasteiger partial charge in [-0.3, -0.25) is 0 Å². The molecule has 11 rings (SSSR count). The first-order valence-corrected chi connectivity index (χ1v) is 20.0. The van der Waals surface area contributed by atoms with E-state index in [1.807, 2.05) is 30.3 Å². The molecule has 0 atom stereocenters. The standard InChI is InChI=1S/C56H36N2O/c1-4-14-37(15-5-1)44-29-45(38-16-6-2-7-17-38)32-48(31-44)52-36-53(58-56(57-52)40-19-8-3-9-20-40)49-33-46(42-25-24-39-18-10-11-21-41(39)28-42)30-47(34-49)43-26-27-55-51(35-43)50-22-12-13-23-54(50)59-55/h1-36H. The predicted octanol–water partition coefficient (Wildman–Crippen LogP) is 15.2. The molecule has 2 heterocycles. The van der Waals surface area contributed by atoms with E-state index in [0.717, 1.165) is 94.5 Å². The molecule has 3 heteroatoms. The SMILES string of the molecule is c1ccc(-c2cc(-c3ccccc3)cc(-c3cc(-c4cc(-c5ccc6ccccc6c5)cc(-c5ccc6oc7ccccc7c6c5)c4)nc(-c4ccccc4)n3)c2)cc1. The summed E-state index contributed by atoms with van der Waals surface area (Å²) in [6.07, 6.45) is 0. The fourth-order valence-electron chi connectivity index (χ4n) is 8.21. The Morgan fingerprint density at radius 2 is 0.712 bits per heavy atom. The normalized spacial score (nSPS) is 11.4. The number of rotatable bonds is 7. The van der Waals surface area contributed by atoms with Crippen molar-refractivity contribution >= 4 is 32.7 Å². The van der Waals surface area contributed by atoms with E-state index in [1.165, 1.54) is 10.8 Å². The Hall–Kier alpha value is -7.88. The first-order valence-electron chi connectivity index (χ1n) is 20.0. The van der Waals surface area contributed by atoms with E-state index in [0.29, 0.717) is 5.82 Å². The van der Waals surface area contributed by atoms with Gasteiger partial charge in [0.1, 0.15) is 11.2 Å². The molecule has 11 aromatic rings. The molecule has 0 unspecified atom stereocenters. The van der Waals surface area contributed by atoms with Crippen LogP contribution in [-0.4, -0.2) is 9.97 Å². The van der Waals surface area contributed by atoms with Crippen LogP contribution in [0.1, 0.15) is 0 Å². The van der Waals surface area contributed by atoms with Gasteiger partial charge in [0.25, 0.3) is 0 Å². The highest BCUT2D eigenvalue weighted by Gasteiger charge is 2.17. The summed E-state index contributed by atoms with van der Waals surface area (Å²) in [5.41, 5.74) is 15.5. The molecule has 0 aliphatic rings. The number of furan rings is 1. The highest BCUT2D eigenvalue weighted by Crippen LogP contribution is 2.39. The Morgan fingerprint density at radius 3 is 1.34 bits per heavy atom. The van der Waals surface area contributed by atoms with Gasteiger partial charge >= 0.3 is 0 Å². The highest BCUT2D eigenvalue weighted by atomic mass is 16.3. The summed E-state index contributed by atoms with van der Waals surface area (Å²) in [6, 6.07) is 77.2. The Morgan fingerprint density at radius 1 is 0.254 bits per heavy atom. The minimum absolute atomic E-state index is 0.674. The van der Waals surface area contributed by atoms with Crippen LogP contribution in [0.25, 0.3) is 111 Å². The number of fused-ring (bicyclic) bond motifs is 4. The average Bonchev–Trinajstić information content (AvgIpc) is 3.70. The third kappa shape index (κ3) is 6.65. The number of hydrogen-bond donors (Lipinski definition) is 0. The second kappa shape index (κ2) is 14.6. The van der Waals surface area contributed by atoms with Gasteiger partial charge in [0.05, 0.1) is 11.4 Å². The Labute approximate surface area is 342 Å². The Balaban J connectivity index is 1.14. The molecule has 0 bridgehead atoms. The molecule has 0 fully saturated rings. The van der Waals surface area contributed by atoms with Gasteiger partial charge in [0.2, 0.25) is 0 Å². The van der Waals surface area contributed by atoms with Gasteiger partial charge in [-0.1, -0.05) is 152 Å². The van der Waals surface area contributed by atoms with E-state index in [9.17, 15) is 0 Å².